The maximum absolute atomic E-state index is 13.8. The van der Waals surface area contributed by atoms with Gasteiger partial charge in [-0.15, -0.1) is 0 Å². The summed E-state index contributed by atoms with van der Waals surface area (Å²) in [6, 6.07) is 10.4. The zero-order valence-electron chi connectivity index (χ0n) is 18.0. The molecule has 0 atom stereocenters. The minimum absolute atomic E-state index is 0.115. The molecule has 0 spiro atoms. The van der Waals surface area contributed by atoms with Crippen LogP contribution in [0.3, 0.4) is 0 Å². The van der Waals surface area contributed by atoms with Crippen molar-refractivity contribution < 1.29 is 22.3 Å². The van der Waals surface area contributed by atoms with E-state index in [0.717, 1.165) is 0 Å². The van der Waals surface area contributed by atoms with Crippen LogP contribution < -0.4 is 14.4 Å². The van der Waals surface area contributed by atoms with E-state index < -0.39 is 15.8 Å². The molecule has 0 N–H and O–H groups in total. The molecule has 1 saturated heterocycles. The number of halogens is 2. The van der Waals surface area contributed by atoms with Gasteiger partial charge in [0.2, 0.25) is 10.0 Å². The second kappa shape index (κ2) is 9.50. The van der Waals surface area contributed by atoms with Gasteiger partial charge in [0.25, 0.3) is 0 Å². The Morgan fingerprint density at radius 2 is 1.64 bits per heavy atom. The van der Waals surface area contributed by atoms with Crippen molar-refractivity contribution in [1.29, 1.82) is 0 Å². The summed E-state index contributed by atoms with van der Waals surface area (Å²) in [5.74, 6) is 1.13. The summed E-state index contributed by atoms with van der Waals surface area (Å²) in [6.07, 6.45) is 1.40. The van der Waals surface area contributed by atoms with Gasteiger partial charge in [0.1, 0.15) is 29.5 Å². The average Bonchev–Trinajstić information content (AvgIpc) is 2.84. The number of sulfonamides is 1. The Balaban J connectivity index is 1.51. The molecular weight excluding hydrogens is 471 g/mol. The van der Waals surface area contributed by atoms with E-state index in [1.165, 1.54) is 55.2 Å². The number of piperazine rings is 1. The lowest BCUT2D eigenvalue weighted by molar-refractivity contribution is 0.383. The van der Waals surface area contributed by atoms with Gasteiger partial charge < -0.3 is 14.4 Å². The minimum Gasteiger partial charge on any atom is -0.496 e. The summed E-state index contributed by atoms with van der Waals surface area (Å²) in [4.78, 5) is 10.7. The second-order valence-corrected chi connectivity index (χ2v) is 9.64. The highest BCUT2D eigenvalue weighted by Gasteiger charge is 2.29. The molecule has 1 fully saturated rings. The SMILES string of the molecule is COc1ccc(S(=O)(=O)N2CCN(c3cc(-c4cc(F)ccc4OC)ncn3)CC2)cc1Cl. The summed E-state index contributed by atoms with van der Waals surface area (Å²) < 4.78 is 51.8. The van der Waals surface area contributed by atoms with Crippen LogP contribution >= 0.6 is 11.6 Å². The van der Waals surface area contributed by atoms with Crippen molar-refractivity contribution in [2.45, 2.75) is 4.90 Å². The van der Waals surface area contributed by atoms with Crippen LogP contribution in [0.15, 0.2) is 53.7 Å². The molecule has 2 aromatic carbocycles. The quantitative estimate of drug-likeness (QED) is 0.521. The molecule has 11 heteroatoms. The summed E-state index contributed by atoms with van der Waals surface area (Å²) in [5, 5.41) is 0.235. The summed E-state index contributed by atoms with van der Waals surface area (Å²) in [7, 11) is -0.726. The van der Waals surface area contributed by atoms with Gasteiger partial charge in [-0.3, -0.25) is 0 Å². The van der Waals surface area contributed by atoms with E-state index in [0.29, 0.717) is 41.7 Å². The topological polar surface area (TPSA) is 84.9 Å². The lowest BCUT2D eigenvalue weighted by Gasteiger charge is -2.34. The molecule has 0 saturated carbocycles. The van der Waals surface area contributed by atoms with Crippen molar-refractivity contribution in [3.05, 3.63) is 59.6 Å². The highest BCUT2D eigenvalue weighted by Crippen LogP contribution is 2.32. The maximum atomic E-state index is 13.8. The van der Waals surface area contributed by atoms with Crippen LogP contribution in [-0.4, -0.2) is 63.1 Å². The number of hydrogen-bond acceptors (Lipinski definition) is 7. The van der Waals surface area contributed by atoms with Crippen molar-refractivity contribution in [2.24, 2.45) is 0 Å². The lowest BCUT2D eigenvalue weighted by atomic mass is 10.1. The zero-order valence-corrected chi connectivity index (χ0v) is 19.6. The number of anilines is 1. The molecule has 1 aromatic heterocycles. The molecule has 174 valence electrons. The van der Waals surface area contributed by atoms with Crippen LogP contribution in [0.25, 0.3) is 11.3 Å². The third kappa shape index (κ3) is 4.73. The molecule has 0 radical (unpaired) electrons. The fourth-order valence-corrected chi connectivity index (χ4v) is 5.43. The largest absolute Gasteiger partial charge is 0.496 e. The van der Waals surface area contributed by atoms with Gasteiger partial charge in [-0.05, 0) is 36.4 Å². The smallest absolute Gasteiger partial charge is 0.243 e. The number of benzene rings is 2. The van der Waals surface area contributed by atoms with E-state index in [1.807, 2.05) is 4.90 Å². The van der Waals surface area contributed by atoms with E-state index in [9.17, 15) is 12.8 Å². The number of nitrogens with zero attached hydrogens (tertiary/aromatic N) is 4. The van der Waals surface area contributed by atoms with Crippen LogP contribution in [0.2, 0.25) is 5.02 Å². The third-order valence-electron chi connectivity index (χ3n) is 5.41. The standard InChI is InChI=1S/C22H22ClFN4O4S/c1-31-20-5-3-15(24)11-17(20)19-13-22(26-14-25-19)27-7-9-28(10-8-27)33(29,30)16-4-6-21(32-2)18(23)12-16/h3-6,11-14H,7-10H2,1-2H3. The zero-order chi connectivity index (χ0) is 23.6. The highest BCUT2D eigenvalue weighted by molar-refractivity contribution is 7.89. The number of aromatic nitrogens is 2. The van der Waals surface area contributed by atoms with Crippen molar-refractivity contribution in [3.63, 3.8) is 0 Å². The van der Waals surface area contributed by atoms with Gasteiger partial charge in [-0.1, -0.05) is 11.6 Å². The van der Waals surface area contributed by atoms with Crippen molar-refractivity contribution in [2.75, 3.05) is 45.3 Å². The van der Waals surface area contributed by atoms with E-state index in [2.05, 4.69) is 9.97 Å². The Labute approximate surface area is 196 Å². The molecule has 0 aliphatic carbocycles. The average molecular weight is 493 g/mol. The van der Waals surface area contributed by atoms with Gasteiger partial charge >= 0.3 is 0 Å². The molecule has 8 nitrogen and oxygen atoms in total. The number of hydrogen-bond donors (Lipinski definition) is 0. The molecule has 1 aliphatic rings. The molecule has 4 rings (SSSR count). The second-order valence-electron chi connectivity index (χ2n) is 7.29. The summed E-state index contributed by atoms with van der Waals surface area (Å²) >= 11 is 6.11. The van der Waals surface area contributed by atoms with Gasteiger partial charge in [0.15, 0.2) is 0 Å². The van der Waals surface area contributed by atoms with Crippen LogP contribution in [0.4, 0.5) is 10.2 Å². The summed E-state index contributed by atoms with van der Waals surface area (Å²) in [6.45, 7) is 1.41. The fourth-order valence-electron chi connectivity index (χ4n) is 3.66. The van der Waals surface area contributed by atoms with Crippen LogP contribution in [0.5, 0.6) is 11.5 Å². The molecule has 0 bridgehead atoms. The van der Waals surface area contributed by atoms with Gasteiger partial charge in [-0.25, -0.2) is 22.8 Å². The predicted molar refractivity (Wildman–Crippen MR) is 123 cm³/mol. The van der Waals surface area contributed by atoms with Gasteiger partial charge in [0.05, 0.1) is 29.8 Å². The molecule has 33 heavy (non-hydrogen) atoms. The molecule has 2 heterocycles. The van der Waals surface area contributed by atoms with Crippen LogP contribution in [0.1, 0.15) is 0 Å². The lowest BCUT2D eigenvalue weighted by Crippen LogP contribution is -2.48. The van der Waals surface area contributed by atoms with E-state index in [4.69, 9.17) is 21.1 Å². The molecule has 0 unspecified atom stereocenters. The first-order valence-corrected chi connectivity index (χ1v) is 11.9. The molecule has 3 aromatic rings. The summed E-state index contributed by atoms with van der Waals surface area (Å²) in [5.41, 5.74) is 1.03. The number of rotatable bonds is 6. The normalized spacial score (nSPS) is 14.8. The first-order chi connectivity index (χ1) is 15.8. The molecule has 1 aliphatic heterocycles. The number of ether oxygens (including phenoxy) is 2. The maximum Gasteiger partial charge on any atom is 0.243 e. The Hall–Kier alpha value is -2.95. The Kier molecular flexibility index (Phi) is 6.68. The van der Waals surface area contributed by atoms with E-state index in [-0.39, 0.29) is 23.0 Å². The predicted octanol–water partition coefficient (Wildman–Crippen LogP) is 3.46. The molecular formula is C22H22ClFN4O4S. The Morgan fingerprint density at radius 1 is 0.939 bits per heavy atom. The van der Waals surface area contributed by atoms with Crippen molar-refractivity contribution >= 4 is 27.4 Å². The third-order valence-corrected chi connectivity index (χ3v) is 7.60. The monoisotopic (exact) mass is 492 g/mol. The Bertz CT molecular complexity index is 1270. The fraction of sp³-hybridized carbons (Fsp3) is 0.273. The van der Waals surface area contributed by atoms with E-state index in [1.54, 1.807) is 12.1 Å². The van der Waals surface area contributed by atoms with Crippen molar-refractivity contribution in [3.8, 4) is 22.8 Å². The van der Waals surface area contributed by atoms with Crippen LogP contribution in [-0.2, 0) is 10.0 Å². The number of methoxy groups -OCH3 is 2. The molecule has 0 amide bonds. The minimum atomic E-state index is -3.70. The Morgan fingerprint density at radius 3 is 2.30 bits per heavy atom. The van der Waals surface area contributed by atoms with Gasteiger partial charge in [-0.2, -0.15) is 4.31 Å². The first-order valence-electron chi connectivity index (χ1n) is 10.1. The van der Waals surface area contributed by atoms with Crippen LogP contribution in [0, 0.1) is 5.82 Å². The first kappa shape index (κ1) is 23.2. The van der Waals surface area contributed by atoms with Crippen molar-refractivity contribution in [1.82, 2.24) is 14.3 Å². The van der Waals surface area contributed by atoms with Gasteiger partial charge in [0, 0.05) is 37.8 Å². The highest BCUT2D eigenvalue weighted by atomic mass is 35.5. The van der Waals surface area contributed by atoms with E-state index >= 15 is 0 Å².